The highest BCUT2D eigenvalue weighted by molar-refractivity contribution is 9.10. The van der Waals surface area contributed by atoms with Gasteiger partial charge in [0.25, 0.3) is 5.56 Å². The Labute approximate surface area is 116 Å². The fraction of sp³-hybridized carbons (Fsp3) is 0. The largest absolute Gasteiger partial charge is 0.455 e. The lowest BCUT2D eigenvalue weighted by Gasteiger charge is -1.99. The van der Waals surface area contributed by atoms with Crippen LogP contribution in [0.4, 0.5) is 0 Å². The zero-order valence-electron chi connectivity index (χ0n) is 9.74. The molecule has 0 aliphatic heterocycles. The molecule has 1 N–H and O–H groups in total. The van der Waals surface area contributed by atoms with Crippen molar-refractivity contribution < 1.29 is 4.42 Å². The second-order valence-electron chi connectivity index (χ2n) is 4.45. The lowest BCUT2D eigenvalue weighted by atomic mass is 10.1. The second-order valence-corrected chi connectivity index (χ2v) is 5.36. The number of furan rings is 1. The van der Waals surface area contributed by atoms with E-state index in [2.05, 4.69) is 20.9 Å². The Morgan fingerprint density at radius 1 is 1.05 bits per heavy atom. The first kappa shape index (κ1) is 10.8. The number of H-pyrrole nitrogens is 1. The zero-order chi connectivity index (χ0) is 13.0. The number of fused-ring (bicyclic) bond motifs is 5. The predicted molar refractivity (Wildman–Crippen MR) is 79.5 cm³/mol. The summed E-state index contributed by atoms with van der Waals surface area (Å²) in [6.07, 6.45) is 0. The SMILES string of the molecule is O=c1[nH]c2ccc(Br)cc2c2oc3ccccc3c12. The molecule has 4 rings (SSSR count). The Morgan fingerprint density at radius 3 is 2.79 bits per heavy atom. The average molecular weight is 314 g/mol. The van der Waals surface area contributed by atoms with Crippen molar-refractivity contribution in [1.29, 1.82) is 0 Å². The maximum absolute atomic E-state index is 12.2. The molecule has 2 heterocycles. The molecule has 0 bridgehead atoms. The Kier molecular flexibility index (Phi) is 2.11. The molecule has 0 radical (unpaired) electrons. The molecule has 0 amide bonds. The number of hydrogen-bond donors (Lipinski definition) is 1. The lowest BCUT2D eigenvalue weighted by Crippen LogP contribution is -2.05. The molecule has 0 aliphatic rings. The Morgan fingerprint density at radius 2 is 1.89 bits per heavy atom. The van der Waals surface area contributed by atoms with Crippen molar-refractivity contribution in [3.8, 4) is 0 Å². The standard InChI is InChI=1S/C15H8BrNO2/c16-8-5-6-11-10(7-8)14-13(15(18)17-11)9-3-1-2-4-12(9)19-14/h1-7H,(H,17,18). The van der Waals surface area contributed by atoms with Gasteiger partial charge in [-0.15, -0.1) is 0 Å². The number of rotatable bonds is 0. The number of para-hydroxylation sites is 1. The van der Waals surface area contributed by atoms with Gasteiger partial charge in [-0.1, -0.05) is 34.1 Å². The van der Waals surface area contributed by atoms with E-state index >= 15 is 0 Å². The first-order valence-electron chi connectivity index (χ1n) is 5.87. The summed E-state index contributed by atoms with van der Waals surface area (Å²) in [5.74, 6) is 0. The van der Waals surface area contributed by atoms with Crippen molar-refractivity contribution in [3.63, 3.8) is 0 Å². The summed E-state index contributed by atoms with van der Waals surface area (Å²) in [6.45, 7) is 0. The van der Waals surface area contributed by atoms with E-state index in [0.29, 0.717) is 11.0 Å². The van der Waals surface area contributed by atoms with Crippen molar-refractivity contribution in [3.05, 3.63) is 57.3 Å². The molecule has 92 valence electrons. The van der Waals surface area contributed by atoms with E-state index in [1.807, 2.05) is 42.5 Å². The Hall–Kier alpha value is -2.07. The number of aromatic amines is 1. The van der Waals surface area contributed by atoms with Crippen LogP contribution in [0.15, 0.2) is 56.1 Å². The monoisotopic (exact) mass is 313 g/mol. The number of halogens is 1. The molecule has 0 fully saturated rings. The molecule has 4 heteroatoms. The van der Waals surface area contributed by atoms with Gasteiger partial charge in [0.2, 0.25) is 0 Å². The van der Waals surface area contributed by atoms with Crippen LogP contribution in [0.3, 0.4) is 0 Å². The van der Waals surface area contributed by atoms with Gasteiger partial charge in [0.1, 0.15) is 11.2 Å². The van der Waals surface area contributed by atoms with Gasteiger partial charge in [0, 0.05) is 15.2 Å². The summed E-state index contributed by atoms with van der Waals surface area (Å²) in [5.41, 5.74) is 2.03. The van der Waals surface area contributed by atoms with Crippen molar-refractivity contribution in [2.75, 3.05) is 0 Å². The third kappa shape index (κ3) is 1.47. The smallest absolute Gasteiger partial charge is 0.260 e. The van der Waals surface area contributed by atoms with Crippen LogP contribution < -0.4 is 5.56 Å². The molecule has 4 aromatic rings. The van der Waals surface area contributed by atoms with Crippen LogP contribution in [0.2, 0.25) is 0 Å². The van der Waals surface area contributed by atoms with E-state index in [-0.39, 0.29) is 5.56 Å². The highest BCUT2D eigenvalue weighted by atomic mass is 79.9. The van der Waals surface area contributed by atoms with Gasteiger partial charge < -0.3 is 9.40 Å². The maximum atomic E-state index is 12.2. The highest BCUT2D eigenvalue weighted by Crippen LogP contribution is 2.31. The first-order valence-corrected chi connectivity index (χ1v) is 6.66. The van der Waals surface area contributed by atoms with Crippen molar-refractivity contribution in [2.24, 2.45) is 0 Å². The predicted octanol–water partition coefficient (Wildman–Crippen LogP) is 4.19. The number of benzene rings is 2. The van der Waals surface area contributed by atoms with Crippen molar-refractivity contribution >= 4 is 48.8 Å². The molecule has 19 heavy (non-hydrogen) atoms. The van der Waals surface area contributed by atoms with Gasteiger partial charge in [0.05, 0.1) is 10.9 Å². The fourth-order valence-electron chi connectivity index (χ4n) is 2.46. The Balaban J connectivity index is 2.39. The van der Waals surface area contributed by atoms with Gasteiger partial charge in [-0.05, 0) is 24.3 Å². The molecule has 2 aromatic heterocycles. The molecule has 0 aliphatic carbocycles. The van der Waals surface area contributed by atoms with Gasteiger partial charge in [0.15, 0.2) is 0 Å². The minimum Gasteiger partial charge on any atom is -0.455 e. The summed E-state index contributed by atoms with van der Waals surface area (Å²) >= 11 is 3.45. The lowest BCUT2D eigenvalue weighted by molar-refractivity contribution is 0.672. The van der Waals surface area contributed by atoms with Crippen LogP contribution in [0.1, 0.15) is 0 Å². The molecular weight excluding hydrogens is 306 g/mol. The topological polar surface area (TPSA) is 46.0 Å². The summed E-state index contributed by atoms with van der Waals surface area (Å²) in [7, 11) is 0. The quantitative estimate of drug-likeness (QED) is 0.529. The Bertz CT molecular complexity index is 997. The van der Waals surface area contributed by atoms with E-state index in [1.54, 1.807) is 0 Å². The molecule has 0 spiro atoms. The molecule has 0 atom stereocenters. The van der Waals surface area contributed by atoms with Crippen LogP contribution in [0.5, 0.6) is 0 Å². The summed E-state index contributed by atoms with van der Waals surface area (Å²) in [6, 6.07) is 13.3. The fourth-order valence-corrected chi connectivity index (χ4v) is 2.82. The van der Waals surface area contributed by atoms with Gasteiger partial charge >= 0.3 is 0 Å². The van der Waals surface area contributed by atoms with Crippen molar-refractivity contribution in [1.82, 2.24) is 4.98 Å². The number of nitrogens with one attached hydrogen (secondary N) is 1. The van der Waals surface area contributed by atoms with Gasteiger partial charge in [-0.3, -0.25) is 4.79 Å². The molecule has 3 nitrogen and oxygen atoms in total. The summed E-state index contributed by atoms with van der Waals surface area (Å²) < 4.78 is 6.81. The van der Waals surface area contributed by atoms with E-state index in [4.69, 9.17) is 4.42 Å². The minimum atomic E-state index is -0.116. The van der Waals surface area contributed by atoms with Crippen LogP contribution in [0, 0.1) is 0 Å². The van der Waals surface area contributed by atoms with E-state index < -0.39 is 0 Å². The molecule has 2 aromatic carbocycles. The van der Waals surface area contributed by atoms with Gasteiger partial charge in [-0.25, -0.2) is 0 Å². The first-order chi connectivity index (χ1) is 9.24. The number of aromatic nitrogens is 1. The third-order valence-electron chi connectivity index (χ3n) is 3.30. The summed E-state index contributed by atoms with van der Waals surface area (Å²) in [5, 5.41) is 2.36. The molecule has 0 unspecified atom stereocenters. The van der Waals surface area contributed by atoms with Crippen molar-refractivity contribution in [2.45, 2.75) is 0 Å². The van der Waals surface area contributed by atoms with E-state index in [9.17, 15) is 4.79 Å². The molecular formula is C15H8BrNO2. The zero-order valence-corrected chi connectivity index (χ0v) is 11.3. The van der Waals surface area contributed by atoms with Crippen LogP contribution in [-0.4, -0.2) is 4.98 Å². The minimum absolute atomic E-state index is 0.116. The second kappa shape index (κ2) is 3.71. The maximum Gasteiger partial charge on any atom is 0.260 e. The average Bonchev–Trinajstić information content (AvgIpc) is 2.80. The van der Waals surface area contributed by atoms with Crippen LogP contribution in [-0.2, 0) is 0 Å². The summed E-state index contributed by atoms with van der Waals surface area (Å²) in [4.78, 5) is 15.1. The molecule has 0 saturated heterocycles. The number of pyridine rings is 1. The third-order valence-corrected chi connectivity index (χ3v) is 3.79. The van der Waals surface area contributed by atoms with Crippen LogP contribution in [0.25, 0.3) is 32.8 Å². The normalized spacial score (nSPS) is 11.6. The highest BCUT2D eigenvalue weighted by Gasteiger charge is 2.13. The van der Waals surface area contributed by atoms with Gasteiger partial charge in [-0.2, -0.15) is 0 Å². The molecule has 0 saturated carbocycles. The van der Waals surface area contributed by atoms with Crippen LogP contribution >= 0.6 is 15.9 Å². The number of hydrogen-bond acceptors (Lipinski definition) is 2. The van der Waals surface area contributed by atoms with E-state index in [0.717, 1.165) is 26.3 Å². The van der Waals surface area contributed by atoms with E-state index in [1.165, 1.54) is 0 Å².